The van der Waals surface area contributed by atoms with Crippen LogP contribution in [0.15, 0.2) is 30.6 Å². The molecule has 112 valence electrons. The number of carbonyl (C=O) groups is 1. The Hall–Kier alpha value is -2.70. The van der Waals surface area contributed by atoms with E-state index in [4.69, 9.17) is 19.9 Å². The highest BCUT2D eigenvalue weighted by atomic mass is 16.5. The number of methoxy groups -OCH3 is 2. The van der Waals surface area contributed by atoms with Crippen LogP contribution in [0, 0.1) is 0 Å². The second-order valence-electron chi connectivity index (χ2n) is 4.20. The lowest BCUT2D eigenvalue weighted by Gasteiger charge is -2.12. The van der Waals surface area contributed by atoms with Gasteiger partial charge in [-0.2, -0.15) is 5.10 Å². The number of hydrogen-bond acceptors (Lipinski definition) is 6. The molecule has 0 atom stereocenters. The molecule has 7 heteroatoms. The minimum atomic E-state index is -0.531. The maximum atomic E-state index is 12.1. The Morgan fingerprint density at radius 2 is 2.14 bits per heavy atom. The van der Waals surface area contributed by atoms with Crippen LogP contribution in [0.4, 0.5) is 5.69 Å². The lowest BCUT2D eigenvalue weighted by atomic mass is 10.1. The van der Waals surface area contributed by atoms with Gasteiger partial charge in [0.25, 0.3) is 0 Å². The van der Waals surface area contributed by atoms with Crippen LogP contribution < -0.4 is 15.2 Å². The zero-order valence-corrected chi connectivity index (χ0v) is 11.9. The van der Waals surface area contributed by atoms with Gasteiger partial charge in [0.2, 0.25) is 0 Å². The standard InChI is InChI=1S/C14H17N3O4/c1-19-10-8-11(13(15)12(9-10)20-2)14(18)21-7-6-17-5-3-4-16-17/h3-5,8-9H,6-7,15H2,1-2H3. The summed E-state index contributed by atoms with van der Waals surface area (Å²) in [6, 6.07) is 4.93. The largest absolute Gasteiger partial charge is 0.497 e. The fourth-order valence-electron chi connectivity index (χ4n) is 1.80. The van der Waals surface area contributed by atoms with Crippen molar-refractivity contribution in [3.63, 3.8) is 0 Å². The second kappa shape index (κ2) is 6.65. The summed E-state index contributed by atoms with van der Waals surface area (Å²) >= 11 is 0. The minimum absolute atomic E-state index is 0.194. The number of aromatic nitrogens is 2. The molecular formula is C14H17N3O4. The topological polar surface area (TPSA) is 88.6 Å². The number of ether oxygens (including phenoxy) is 3. The van der Waals surface area contributed by atoms with E-state index in [0.29, 0.717) is 18.0 Å². The molecule has 0 aliphatic carbocycles. The number of rotatable bonds is 6. The number of esters is 1. The van der Waals surface area contributed by atoms with E-state index in [1.54, 1.807) is 29.2 Å². The van der Waals surface area contributed by atoms with Crippen LogP contribution in [0.2, 0.25) is 0 Å². The molecule has 1 aromatic carbocycles. The van der Waals surface area contributed by atoms with Crippen molar-refractivity contribution in [1.29, 1.82) is 0 Å². The van der Waals surface area contributed by atoms with Gasteiger partial charge >= 0.3 is 5.97 Å². The molecule has 0 spiro atoms. The van der Waals surface area contributed by atoms with E-state index in [1.165, 1.54) is 20.3 Å². The Kier molecular flexibility index (Phi) is 4.65. The first kappa shape index (κ1) is 14.7. The van der Waals surface area contributed by atoms with E-state index in [0.717, 1.165) is 0 Å². The fraction of sp³-hybridized carbons (Fsp3) is 0.286. The summed E-state index contributed by atoms with van der Waals surface area (Å²) in [4.78, 5) is 12.1. The number of anilines is 1. The number of carbonyl (C=O) groups excluding carboxylic acids is 1. The van der Waals surface area contributed by atoms with Crippen LogP contribution >= 0.6 is 0 Å². The molecule has 0 amide bonds. The second-order valence-corrected chi connectivity index (χ2v) is 4.20. The fourth-order valence-corrected chi connectivity index (χ4v) is 1.80. The molecular weight excluding hydrogens is 274 g/mol. The van der Waals surface area contributed by atoms with Crippen molar-refractivity contribution in [3.8, 4) is 11.5 Å². The highest BCUT2D eigenvalue weighted by Gasteiger charge is 2.17. The Balaban J connectivity index is 2.07. The smallest absolute Gasteiger partial charge is 0.340 e. The molecule has 0 fully saturated rings. The Morgan fingerprint density at radius 3 is 2.76 bits per heavy atom. The summed E-state index contributed by atoms with van der Waals surface area (Å²) in [7, 11) is 2.97. The zero-order valence-electron chi connectivity index (χ0n) is 11.9. The van der Waals surface area contributed by atoms with Crippen LogP contribution in [0.1, 0.15) is 10.4 Å². The molecule has 1 heterocycles. The van der Waals surface area contributed by atoms with Gasteiger partial charge in [0.05, 0.1) is 32.0 Å². The molecule has 2 rings (SSSR count). The minimum Gasteiger partial charge on any atom is -0.497 e. The first-order valence-corrected chi connectivity index (χ1v) is 6.31. The van der Waals surface area contributed by atoms with E-state index in [9.17, 15) is 4.79 Å². The average Bonchev–Trinajstić information content (AvgIpc) is 3.00. The van der Waals surface area contributed by atoms with Gasteiger partial charge in [0, 0.05) is 18.5 Å². The normalized spacial score (nSPS) is 10.2. The molecule has 7 nitrogen and oxygen atoms in total. The van der Waals surface area contributed by atoms with Crippen molar-refractivity contribution in [2.24, 2.45) is 0 Å². The monoisotopic (exact) mass is 291 g/mol. The third kappa shape index (κ3) is 3.44. The molecule has 0 saturated carbocycles. The number of hydrogen-bond donors (Lipinski definition) is 1. The summed E-state index contributed by atoms with van der Waals surface area (Å²) < 4.78 is 17.1. The third-order valence-corrected chi connectivity index (χ3v) is 2.90. The molecule has 0 aliphatic heterocycles. The van der Waals surface area contributed by atoms with E-state index >= 15 is 0 Å². The van der Waals surface area contributed by atoms with Crippen molar-refractivity contribution in [2.45, 2.75) is 6.54 Å². The molecule has 2 N–H and O–H groups in total. The number of nitrogens with zero attached hydrogens (tertiary/aromatic N) is 2. The van der Waals surface area contributed by atoms with E-state index < -0.39 is 5.97 Å². The van der Waals surface area contributed by atoms with E-state index in [2.05, 4.69) is 5.10 Å². The van der Waals surface area contributed by atoms with Crippen LogP contribution in [0.25, 0.3) is 0 Å². The Bertz CT molecular complexity index is 611. The van der Waals surface area contributed by atoms with Gasteiger partial charge in [0.1, 0.15) is 18.1 Å². The van der Waals surface area contributed by atoms with Gasteiger partial charge in [-0.25, -0.2) is 4.79 Å². The Labute approximate surface area is 122 Å². The molecule has 1 aromatic heterocycles. The lowest BCUT2D eigenvalue weighted by molar-refractivity contribution is 0.0488. The summed E-state index contributed by atoms with van der Waals surface area (Å²) in [5.41, 5.74) is 6.32. The van der Waals surface area contributed by atoms with Crippen LogP contribution in [-0.2, 0) is 11.3 Å². The van der Waals surface area contributed by atoms with Gasteiger partial charge in [-0.15, -0.1) is 0 Å². The van der Waals surface area contributed by atoms with Gasteiger partial charge in [-0.1, -0.05) is 0 Å². The molecule has 0 aliphatic rings. The van der Waals surface area contributed by atoms with Gasteiger partial charge in [-0.3, -0.25) is 4.68 Å². The Morgan fingerprint density at radius 1 is 1.33 bits per heavy atom. The predicted molar refractivity (Wildman–Crippen MR) is 76.5 cm³/mol. The summed E-state index contributed by atoms with van der Waals surface area (Å²) in [5, 5.41) is 4.02. The predicted octanol–water partition coefficient (Wildman–Crippen LogP) is 1.34. The van der Waals surface area contributed by atoms with Crippen molar-refractivity contribution in [2.75, 3.05) is 26.6 Å². The van der Waals surface area contributed by atoms with Crippen LogP contribution in [-0.4, -0.2) is 36.6 Å². The highest BCUT2D eigenvalue weighted by molar-refractivity contribution is 5.97. The van der Waals surface area contributed by atoms with E-state index in [1.807, 2.05) is 0 Å². The quantitative estimate of drug-likeness (QED) is 0.638. The van der Waals surface area contributed by atoms with Crippen molar-refractivity contribution in [1.82, 2.24) is 9.78 Å². The number of benzene rings is 1. The summed E-state index contributed by atoms with van der Waals surface area (Å²) in [6.45, 7) is 0.666. The zero-order chi connectivity index (χ0) is 15.2. The molecule has 0 unspecified atom stereocenters. The maximum Gasteiger partial charge on any atom is 0.340 e. The number of nitrogen functional groups attached to an aromatic ring is 1. The molecule has 0 saturated heterocycles. The van der Waals surface area contributed by atoms with Gasteiger partial charge in [-0.05, 0) is 12.1 Å². The van der Waals surface area contributed by atoms with Crippen molar-refractivity contribution in [3.05, 3.63) is 36.2 Å². The van der Waals surface area contributed by atoms with Crippen LogP contribution in [0.3, 0.4) is 0 Å². The lowest BCUT2D eigenvalue weighted by Crippen LogP contribution is -2.14. The highest BCUT2D eigenvalue weighted by Crippen LogP contribution is 2.31. The summed E-state index contributed by atoms with van der Waals surface area (Å²) in [6.07, 6.45) is 3.45. The molecule has 0 bridgehead atoms. The number of nitrogens with two attached hydrogens (primary N) is 1. The molecule has 0 radical (unpaired) electrons. The average molecular weight is 291 g/mol. The van der Waals surface area contributed by atoms with Crippen molar-refractivity contribution < 1.29 is 19.0 Å². The third-order valence-electron chi connectivity index (χ3n) is 2.90. The first-order valence-electron chi connectivity index (χ1n) is 6.31. The van der Waals surface area contributed by atoms with Gasteiger partial charge < -0.3 is 19.9 Å². The van der Waals surface area contributed by atoms with Gasteiger partial charge in [0.15, 0.2) is 0 Å². The van der Waals surface area contributed by atoms with Crippen LogP contribution in [0.5, 0.6) is 11.5 Å². The molecule has 21 heavy (non-hydrogen) atoms. The first-order chi connectivity index (χ1) is 10.2. The van der Waals surface area contributed by atoms with E-state index in [-0.39, 0.29) is 17.9 Å². The van der Waals surface area contributed by atoms with Crippen molar-refractivity contribution >= 4 is 11.7 Å². The maximum absolute atomic E-state index is 12.1. The summed E-state index contributed by atoms with van der Waals surface area (Å²) in [5.74, 6) is 0.310. The molecule has 2 aromatic rings. The SMILES string of the molecule is COc1cc(OC)c(N)c(C(=O)OCCn2cccn2)c1.